The molecule has 7 heteroatoms. The average molecular weight is 476 g/mol. The normalized spacial score (nSPS) is 16.0. The van der Waals surface area contributed by atoms with E-state index in [-0.39, 0.29) is 29.7 Å². The summed E-state index contributed by atoms with van der Waals surface area (Å²) >= 11 is 0. The van der Waals surface area contributed by atoms with E-state index in [1.54, 1.807) is 19.2 Å². The summed E-state index contributed by atoms with van der Waals surface area (Å²) in [5.41, 5.74) is 0.952. The molecule has 1 aliphatic heterocycles. The van der Waals surface area contributed by atoms with Gasteiger partial charge in [-0.2, -0.15) is 0 Å². The zero-order valence-corrected chi connectivity index (χ0v) is 18.5. The number of methoxy groups -OCH3 is 1. The Morgan fingerprint density at radius 3 is 2.62 bits per heavy atom. The maximum atomic E-state index is 9.88. The molecule has 1 aromatic carbocycles. The lowest BCUT2D eigenvalue weighted by atomic mass is 10.1. The molecular formula is C19H33IN4O2. The molecule has 0 saturated carbocycles. The van der Waals surface area contributed by atoms with Crippen LogP contribution >= 0.6 is 24.0 Å². The van der Waals surface area contributed by atoms with Crippen molar-refractivity contribution in [3.8, 4) is 11.5 Å². The van der Waals surface area contributed by atoms with E-state index in [0.29, 0.717) is 18.3 Å². The van der Waals surface area contributed by atoms with Gasteiger partial charge in [0.1, 0.15) is 0 Å². The third-order valence-corrected chi connectivity index (χ3v) is 4.48. The molecule has 1 heterocycles. The number of likely N-dealkylation sites (tertiary alicyclic amines) is 1. The second-order valence-corrected chi connectivity index (χ2v) is 6.46. The molecule has 0 unspecified atom stereocenters. The molecule has 148 valence electrons. The number of piperidine rings is 1. The van der Waals surface area contributed by atoms with Crippen molar-refractivity contribution in [3.05, 3.63) is 23.8 Å². The number of aliphatic imine (C=N–C) groups is 1. The summed E-state index contributed by atoms with van der Waals surface area (Å²) in [4.78, 5) is 7.19. The lowest BCUT2D eigenvalue weighted by Crippen LogP contribution is -2.48. The number of guanidine groups is 1. The minimum absolute atomic E-state index is 0. The van der Waals surface area contributed by atoms with Crippen molar-refractivity contribution in [3.63, 3.8) is 0 Å². The fourth-order valence-electron chi connectivity index (χ4n) is 3.13. The van der Waals surface area contributed by atoms with Crippen molar-refractivity contribution in [1.29, 1.82) is 0 Å². The molecule has 6 nitrogen and oxygen atoms in total. The molecule has 1 aliphatic rings. The van der Waals surface area contributed by atoms with Gasteiger partial charge in [-0.25, -0.2) is 4.99 Å². The van der Waals surface area contributed by atoms with E-state index in [1.807, 2.05) is 6.07 Å². The molecular weight excluding hydrogens is 443 g/mol. The maximum absolute atomic E-state index is 9.88. The Morgan fingerprint density at radius 2 is 2.04 bits per heavy atom. The molecule has 0 aliphatic carbocycles. The number of aromatic hydroxyl groups is 1. The predicted octanol–water partition coefficient (Wildman–Crippen LogP) is 2.95. The van der Waals surface area contributed by atoms with Gasteiger partial charge in [0, 0.05) is 25.7 Å². The minimum Gasteiger partial charge on any atom is -0.504 e. The summed E-state index contributed by atoms with van der Waals surface area (Å²) in [6.07, 6.45) is 3.51. The highest BCUT2D eigenvalue weighted by atomic mass is 127. The molecule has 0 amide bonds. The highest BCUT2D eigenvalue weighted by Gasteiger charge is 2.19. The first kappa shape index (κ1) is 22.8. The van der Waals surface area contributed by atoms with Crippen molar-refractivity contribution >= 4 is 29.9 Å². The van der Waals surface area contributed by atoms with Gasteiger partial charge in [0.2, 0.25) is 0 Å². The summed E-state index contributed by atoms with van der Waals surface area (Å²) in [5, 5.41) is 16.7. The lowest BCUT2D eigenvalue weighted by molar-refractivity contribution is 0.206. The zero-order chi connectivity index (χ0) is 18.1. The first-order chi connectivity index (χ1) is 12.2. The van der Waals surface area contributed by atoms with Gasteiger partial charge in [-0.1, -0.05) is 13.0 Å². The van der Waals surface area contributed by atoms with E-state index in [4.69, 9.17) is 4.74 Å². The minimum atomic E-state index is 0. The van der Waals surface area contributed by atoms with Crippen molar-refractivity contribution < 1.29 is 9.84 Å². The number of phenolic OH excluding ortho intramolecular Hbond substituents is 1. The predicted molar refractivity (Wildman–Crippen MR) is 118 cm³/mol. The molecule has 0 aromatic heterocycles. The van der Waals surface area contributed by atoms with E-state index in [2.05, 4.69) is 34.4 Å². The highest BCUT2D eigenvalue weighted by Crippen LogP contribution is 2.26. The van der Waals surface area contributed by atoms with Gasteiger partial charge < -0.3 is 25.4 Å². The zero-order valence-electron chi connectivity index (χ0n) is 16.1. The second kappa shape index (κ2) is 12.2. The third-order valence-electron chi connectivity index (χ3n) is 4.48. The van der Waals surface area contributed by atoms with Crippen LogP contribution in [0, 0.1) is 0 Å². The van der Waals surface area contributed by atoms with Crippen molar-refractivity contribution in [2.24, 2.45) is 4.99 Å². The molecule has 1 aromatic rings. The number of nitrogens with one attached hydrogen (secondary N) is 2. The maximum Gasteiger partial charge on any atom is 0.191 e. The van der Waals surface area contributed by atoms with Gasteiger partial charge in [0.15, 0.2) is 17.5 Å². The van der Waals surface area contributed by atoms with Crippen molar-refractivity contribution in [2.45, 2.75) is 45.7 Å². The van der Waals surface area contributed by atoms with Crippen LogP contribution in [0.25, 0.3) is 0 Å². The summed E-state index contributed by atoms with van der Waals surface area (Å²) in [6, 6.07) is 5.86. The Kier molecular flexibility index (Phi) is 10.7. The number of nitrogens with zero attached hydrogens (tertiary/aromatic N) is 2. The van der Waals surface area contributed by atoms with Crippen LogP contribution in [0.15, 0.2) is 23.2 Å². The molecule has 0 radical (unpaired) electrons. The largest absolute Gasteiger partial charge is 0.504 e. The van der Waals surface area contributed by atoms with Gasteiger partial charge in [-0.05, 0) is 50.4 Å². The van der Waals surface area contributed by atoms with E-state index in [1.165, 1.54) is 13.0 Å². The summed E-state index contributed by atoms with van der Waals surface area (Å²) in [6.45, 7) is 9.14. The van der Waals surface area contributed by atoms with Gasteiger partial charge in [0.25, 0.3) is 0 Å². The van der Waals surface area contributed by atoms with Gasteiger partial charge in [0.05, 0.1) is 13.7 Å². The molecule has 0 spiro atoms. The molecule has 0 bridgehead atoms. The van der Waals surface area contributed by atoms with Crippen LogP contribution in [0.4, 0.5) is 0 Å². The Balaban J connectivity index is 0.00000338. The fourth-order valence-corrected chi connectivity index (χ4v) is 3.13. The van der Waals surface area contributed by atoms with Gasteiger partial charge in [-0.3, -0.25) is 0 Å². The summed E-state index contributed by atoms with van der Waals surface area (Å²) in [5.74, 6) is 1.47. The number of hydrogen-bond acceptors (Lipinski definition) is 4. The monoisotopic (exact) mass is 476 g/mol. The summed E-state index contributed by atoms with van der Waals surface area (Å²) < 4.78 is 5.08. The number of hydrogen-bond donors (Lipinski definition) is 3. The Hall–Kier alpha value is -1.22. The standard InChI is InChI=1S/C19H32N4O2.HI/c1-4-10-23-11-8-16(9-12-23)22-19(20-5-2)21-14-15-6-7-18(25-3)17(24)13-15;/h6-7,13,16,24H,4-5,8-12,14H2,1-3H3,(H2,20,21,22);1H. The number of phenols is 1. The SMILES string of the molecule is CCCN1CCC(NC(=NCc2ccc(OC)c(O)c2)NCC)CC1.I. The topological polar surface area (TPSA) is 69.1 Å². The quantitative estimate of drug-likeness (QED) is 0.321. The van der Waals surface area contributed by atoms with Crippen LogP contribution < -0.4 is 15.4 Å². The third kappa shape index (κ3) is 7.19. The molecule has 1 fully saturated rings. The van der Waals surface area contributed by atoms with Crippen LogP contribution in [0.2, 0.25) is 0 Å². The molecule has 2 rings (SSSR count). The van der Waals surface area contributed by atoms with E-state index in [9.17, 15) is 5.11 Å². The van der Waals surface area contributed by atoms with E-state index in [0.717, 1.165) is 44.0 Å². The van der Waals surface area contributed by atoms with E-state index < -0.39 is 0 Å². The Labute approximate surface area is 174 Å². The van der Waals surface area contributed by atoms with Crippen LogP contribution in [-0.2, 0) is 6.54 Å². The molecule has 1 saturated heterocycles. The lowest BCUT2D eigenvalue weighted by Gasteiger charge is -2.32. The first-order valence-corrected chi connectivity index (χ1v) is 9.29. The van der Waals surface area contributed by atoms with E-state index >= 15 is 0 Å². The summed E-state index contributed by atoms with van der Waals surface area (Å²) in [7, 11) is 1.55. The van der Waals surface area contributed by atoms with Crippen LogP contribution in [0.3, 0.4) is 0 Å². The number of rotatable bonds is 7. The molecule has 3 N–H and O–H groups in total. The first-order valence-electron chi connectivity index (χ1n) is 9.29. The van der Waals surface area contributed by atoms with Crippen LogP contribution in [0.5, 0.6) is 11.5 Å². The van der Waals surface area contributed by atoms with Crippen LogP contribution in [-0.4, -0.2) is 55.3 Å². The number of benzene rings is 1. The van der Waals surface area contributed by atoms with Gasteiger partial charge >= 0.3 is 0 Å². The number of halogens is 1. The van der Waals surface area contributed by atoms with Gasteiger partial charge in [-0.15, -0.1) is 24.0 Å². The fraction of sp³-hybridized carbons (Fsp3) is 0.632. The van der Waals surface area contributed by atoms with Crippen molar-refractivity contribution in [1.82, 2.24) is 15.5 Å². The molecule has 26 heavy (non-hydrogen) atoms. The Morgan fingerprint density at radius 1 is 1.31 bits per heavy atom. The van der Waals surface area contributed by atoms with Crippen LogP contribution in [0.1, 0.15) is 38.7 Å². The average Bonchev–Trinajstić information content (AvgIpc) is 2.62. The smallest absolute Gasteiger partial charge is 0.191 e. The van der Waals surface area contributed by atoms with Crippen molar-refractivity contribution in [2.75, 3.05) is 33.3 Å². The Bertz CT molecular complexity index is 560. The second-order valence-electron chi connectivity index (χ2n) is 6.46. The number of ether oxygens (including phenoxy) is 1. The molecule has 0 atom stereocenters. The highest BCUT2D eigenvalue weighted by molar-refractivity contribution is 14.0.